The van der Waals surface area contributed by atoms with Crippen LogP contribution in [0.1, 0.15) is 33.9 Å². The number of hydrogen-bond acceptors (Lipinski definition) is 4. The molecule has 7 heteroatoms. The number of fused-ring (bicyclic) bond motifs is 1. The van der Waals surface area contributed by atoms with Crippen LogP contribution in [0.2, 0.25) is 5.02 Å². The smallest absolute Gasteiger partial charge is 0.253 e. The van der Waals surface area contributed by atoms with Crippen molar-refractivity contribution in [2.75, 3.05) is 6.79 Å². The van der Waals surface area contributed by atoms with E-state index in [9.17, 15) is 9.59 Å². The van der Waals surface area contributed by atoms with Crippen molar-refractivity contribution in [1.29, 1.82) is 0 Å². The maximum Gasteiger partial charge on any atom is 0.253 e. The largest absolute Gasteiger partial charge is 0.454 e. The summed E-state index contributed by atoms with van der Waals surface area (Å²) in [7, 11) is 0. The zero-order chi connectivity index (χ0) is 21.6. The van der Waals surface area contributed by atoms with E-state index in [0.29, 0.717) is 28.6 Å². The molecule has 1 atom stereocenters. The van der Waals surface area contributed by atoms with Crippen LogP contribution in [0.25, 0.3) is 0 Å². The highest BCUT2D eigenvalue weighted by molar-refractivity contribution is 6.33. The number of hydrogen-bond donors (Lipinski definition) is 2. The Hall–Kier alpha value is -3.51. The van der Waals surface area contributed by atoms with Crippen LogP contribution in [-0.4, -0.2) is 18.6 Å². The van der Waals surface area contributed by atoms with E-state index in [1.54, 1.807) is 24.3 Å². The second-order valence-electron chi connectivity index (χ2n) is 7.09. The van der Waals surface area contributed by atoms with Gasteiger partial charge in [0.15, 0.2) is 11.5 Å². The van der Waals surface area contributed by atoms with E-state index in [0.717, 1.165) is 11.1 Å². The summed E-state index contributed by atoms with van der Waals surface area (Å²) < 4.78 is 10.7. The Morgan fingerprint density at radius 1 is 0.935 bits per heavy atom. The molecule has 3 aromatic rings. The van der Waals surface area contributed by atoms with Gasteiger partial charge in [-0.1, -0.05) is 60.1 Å². The van der Waals surface area contributed by atoms with Gasteiger partial charge in [-0.05, 0) is 35.4 Å². The lowest BCUT2D eigenvalue weighted by molar-refractivity contribution is -0.121. The highest BCUT2D eigenvalue weighted by atomic mass is 35.5. The molecule has 3 aromatic carbocycles. The second kappa shape index (κ2) is 9.53. The minimum atomic E-state index is -0.498. The van der Waals surface area contributed by atoms with Crippen LogP contribution in [0.4, 0.5) is 0 Å². The van der Waals surface area contributed by atoms with Gasteiger partial charge in [0.1, 0.15) is 0 Å². The van der Waals surface area contributed by atoms with Crippen molar-refractivity contribution in [3.05, 3.63) is 94.5 Å². The number of carbonyl (C=O) groups excluding carboxylic acids is 2. The quantitative estimate of drug-likeness (QED) is 0.580. The number of ether oxygens (including phenoxy) is 2. The fourth-order valence-electron chi connectivity index (χ4n) is 3.33. The maximum atomic E-state index is 12.8. The molecule has 0 aromatic heterocycles. The minimum absolute atomic E-state index is 0.0881. The van der Waals surface area contributed by atoms with Crippen LogP contribution in [0.3, 0.4) is 0 Å². The van der Waals surface area contributed by atoms with Gasteiger partial charge >= 0.3 is 0 Å². The molecule has 1 aliphatic rings. The molecule has 0 spiro atoms. The minimum Gasteiger partial charge on any atom is -0.454 e. The summed E-state index contributed by atoms with van der Waals surface area (Å²) >= 11 is 6.15. The molecule has 2 amide bonds. The third kappa shape index (κ3) is 5.16. The van der Waals surface area contributed by atoms with Gasteiger partial charge in [0, 0.05) is 6.54 Å². The van der Waals surface area contributed by atoms with Crippen LogP contribution in [-0.2, 0) is 11.3 Å². The summed E-state index contributed by atoms with van der Waals surface area (Å²) in [6.45, 7) is 0.546. The van der Waals surface area contributed by atoms with E-state index >= 15 is 0 Å². The summed E-state index contributed by atoms with van der Waals surface area (Å²) in [5, 5.41) is 6.20. The molecule has 0 bridgehead atoms. The Morgan fingerprint density at radius 2 is 1.68 bits per heavy atom. The Morgan fingerprint density at radius 3 is 2.48 bits per heavy atom. The molecule has 0 saturated heterocycles. The molecule has 1 heterocycles. The van der Waals surface area contributed by atoms with Gasteiger partial charge in [-0.2, -0.15) is 0 Å². The lowest BCUT2D eigenvalue weighted by Crippen LogP contribution is -2.33. The topological polar surface area (TPSA) is 76.7 Å². The molecule has 31 heavy (non-hydrogen) atoms. The monoisotopic (exact) mass is 436 g/mol. The molecule has 0 radical (unpaired) electrons. The van der Waals surface area contributed by atoms with Gasteiger partial charge in [-0.25, -0.2) is 0 Å². The van der Waals surface area contributed by atoms with Crippen molar-refractivity contribution >= 4 is 23.4 Å². The number of carbonyl (C=O) groups is 2. The molecule has 2 N–H and O–H groups in total. The fraction of sp³-hybridized carbons (Fsp3) is 0.167. The molecular formula is C24H21ClN2O4. The van der Waals surface area contributed by atoms with Gasteiger partial charge in [0.2, 0.25) is 12.7 Å². The van der Waals surface area contributed by atoms with E-state index in [1.807, 2.05) is 48.5 Å². The van der Waals surface area contributed by atoms with Gasteiger partial charge in [0.25, 0.3) is 5.91 Å². The summed E-state index contributed by atoms with van der Waals surface area (Å²) in [6, 6.07) is 21.2. The Kier molecular flexibility index (Phi) is 6.38. The van der Waals surface area contributed by atoms with Gasteiger partial charge in [-0.15, -0.1) is 0 Å². The van der Waals surface area contributed by atoms with Gasteiger partial charge in [0.05, 0.1) is 23.0 Å². The Labute approximate surface area is 185 Å². The van der Waals surface area contributed by atoms with Crippen LogP contribution < -0.4 is 20.1 Å². The SMILES string of the molecule is O=C(C[C@@H](NC(=O)c1ccccc1Cl)c1ccccc1)NCc1ccc2c(c1)OCO2. The first kappa shape index (κ1) is 20.8. The first-order valence-corrected chi connectivity index (χ1v) is 10.2. The summed E-state index contributed by atoms with van der Waals surface area (Å²) in [4.78, 5) is 25.4. The highest BCUT2D eigenvalue weighted by Crippen LogP contribution is 2.32. The summed E-state index contributed by atoms with van der Waals surface area (Å²) in [6.07, 6.45) is 0.0881. The predicted octanol–water partition coefficient (Wildman–Crippen LogP) is 4.25. The zero-order valence-electron chi connectivity index (χ0n) is 16.6. The number of halogens is 1. The first-order chi connectivity index (χ1) is 15.1. The molecule has 4 rings (SSSR count). The maximum absolute atomic E-state index is 12.8. The number of rotatable bonds is 7. The summed E-state index contributed by atoms with van der Waals surface area (Å²) in [5.74, 6) is 0.844. The van der Waals surface area contributed by atoms with E-state index in [-0.39, 0.29) is 25.0 Å². The number of benzene rings is 3. The van der Waals surface area contributed by atoms with Crippen LogP contribution in [0, 0.1) is 0 Å². The van der Waals surface area contributed by atoms with Gasteiger partial charge < -0.3 is 20.1 Å². The standard InChI is InChI=1S/C24H21ClN2O4/c25-19-9-5-4-8-18(19)24(29)27-20(17-6-2-1-3-7-17)13-23(28)26-14-16-10-11-21-22(12-16)31-15-30-21/h1-12,20H,13-15H2,(H,26,28)(H,27,29)/t20-/m1/s1. The highest BCUT2D eigenvalue weighted by Gasteiger charge is 2.20. The first-order valence-electron chi connectivity index (χ1n) is 9.86. The lowest BCUT2D eigenvalue weighted by Gasteiger charge is -2.19. The molecule has 1 aliphatic heterocycles. The molecule has 0 unspecified atom stereocenters. The normalized spacial score (nSPS) is 12.8. The zero-order valence-corrected chi connectivity index (χ0v) is 17.4. The molecule has 0 aliphatic carbocycles. The van der Waals surface area contributed by atoms with Crippen LogP contribution in [0.5, 0.6) is 11.5 Å². The Balaban J connectivity index is 1.42. The third-order valence-electron chi connectivity index (χ3n) is 4.94. The van der Waals surface area contributed by atoms with E-state index in [2.05, 4.69) is 10.6 Å². The van der Waals surface area contributed by atoms with E-state index in [4.69, 9.17) is 21.1 Å². The lowest BCUT2D eigenvalue weighted by atomic mass is 10.0. The van der Waals surface area contributed by atoms with Gasteiger partial charge in [-0.3, -0.25) is 9.59 Å². The third-order valence-corrected chi connectivity index (χ3v) is 5.27. The van der Waals surface area contributed by atoms with E-state index < -0.39 is 6.04 Å². The summed E-state index contributed by atoms with van der Waals surface area (Å²) in [5.41, 5.74) is 2.10. The van der Waals surface area contributed by atoms with Crippen molar-refractivity contribution < 1.29 is 19.1 Å². The average molecular weight is 437 g/mol. The molecule has 6 nitrogen and oxygen atoms in total. The number of amides is 2. The van der Waals surface area contributed by atoms with Crippen LogP contribution in [0.15, 0.2) is 72.8 Å². The average Bonchev–Trinajstić information content (AvgIpc) is 3.26. The Bertz CT molecular complexity index is 1090. The van der Waals surface area contributed by atoms with Crippen molar-refractivity contribution in [2.24, 2.45) is 0 Å². The van der Waals surface area contributed by atoms with Crippen molar-refractivity contribution in [3.8, 4) is 11.5 Å². The number of nitrogens with one attached hydrogen (secondary N) is 2. The molecule has 0 saturated carbocycles. The molecule has 0 fully saturated rings. The molecular weight excluding hydrogens is 416 g/mol. The molecule has 158 valence electrons. The van der Waals surface area contributed by atoms with Crippen molar-refractivity contribution in [1.82, 2.24) is 10.6 Å². The second-order valence-corrected chi connectivity index (χ2v) is 7.49. The van der Waals surface area contributed by atoms with E-state index in [1.165, 1.54) is 0 Å². The van der Waals surface area contributed by atoms with Crippen molar-refractivity contribution in [3.63, 3.8) is 0 Å². The van der Waals surface area contributed by atoms with Crippen LogP contribution >= 0.6 is 11.6 Å². The fourth-order valence-corrected chi connectivity index (χ4v) is 3.55. The predicted molar refractivity (Wildman–Crippen MR) is 117 cm³/mol. The van der Waals surface area contributed by atoms with Crippen molar-refractivity contribution in [2.45, 2.75) is 19.0 Å².